The summed E-state index contributed by atoms with van der Waals surface area (Å²) in [4.78, 5) is 22.8. The molecule has 0 aromatic heterocycles. The third-order valence-electron chi connectivity index (χ3n) is 3.63. The van der Waals surface area contributed by atoms with Crippen molar-refractivity contribution in [2.75, 3.05) is 6.61 Å². The van der Waals surface area contributed by atoms with Crippen molar-refractivity contribution in [1.82, 2.24) is 5.32 Å². The lowest BCUT2D eigenvalue weighted by atomic mass is 10.2. The lowest BCUT2D eigenvalue weighted by molar-refractivity contribution is -0.141. The van der Waals surface area contributed by atoms with Crippen LogP contribution in [-0.2, 0) is 14.0 Å². The number of carbonyl (C=O) groups excluding carboxylic acids is 1. The second kappa shape index (κ2) is 7.60. The van der Waals surface area contributed by atoms with Crippen molar-refractivity contribution >= 4 is 20.4 Å². The summed E-state index contributed by atoms with van der Waals surface area (Å²) in [7, 11) is -2.12. The van der Waals surface area contributed by atoms with Crippen molar-refractivity contribution in [1.29, 1.82) is 0 Å². The number of rotatable bonds is 7. The maximum Gasteiger partial charge on any atom is 0.408 e. The van der Waals surface area contributed by atoms with Crippen LogP contribution in [0.4, 0.5) is 4.79 Å². The van der Waals surface area contributed by atoms with Gasteiger partial charge in [0, 0.05) is 0 Å². The average Bonchev–Trinajstić information content (AvgIpc) is 2.30. The Morgan fingerprint density at radius 3 is 2.29 bits per heavy atom. The monoisotopic (exact) mass is 317 g/mol. The van der Waals surface area contributed by atoms with Gasteiger partial charge in [-0.3, -0.25) is 0 Å². The molecular formula is C14H27NO5Si. The second-order valence-corrected chi connectivity index (χ2v) is 11.2. The molecule has 122 valence electrons. The van der Waals surface area contributed by atoms with Crippen LogP contribution in [0.2, 0.25) is 18.1 Å². The Morgan fingerprint density at radius 2 is 1.90 bits per heavy atom. The summed E-state index contributed by atoms with van der Waals surface area (Å²) in [5, 5.41) is 11.5. The molecule has 6 nitrogen and oxygen atoms in total. The molecule has 1 amide bonds. The van der Waals surface area contributed by atoms with Crippen LogP contribution >= 0.6 is 0 Å². The van der Waals surface area contributed by atoms with Crippen LogP contribution < -0.4 is 5.32 Å². The number of nitrogens with one attached hydrogen (secondary N) is 1. The molecule has 0 aliphatic rings. The van der Waals surface area contributed by atoms with E-state index in [1.807, 2.05) is 13.1 Å². The van der Waals surface area contributed by atoms with Crippen molar-refractivity contribution in [2.24, 2.45) is 0 Å². The number of carboxylic acids is 1. The lowest BCUT2D eigenvalue weighted by Gasteiger charge is -2.39. The van der Waals surface area contributed by atoms with Crippen LogP contribution in [0.3, 0.4) is 0 Å². The number of hydrogen-bond acceptors (Lipinski definition) is 4. The van der Waals surface area contributed by atoms with E-state index in [-0.39, 0.29) is 11.6 Å². The molecule has 0 aliphatic carbocycles. The smallest absolute Gasteiger partial charge is 0.408 e. The summed E-state index contributed by atoms with van der Waals surface area (Å²) in [6.45, 7) is 15.3. The summed E-state index contributed by atoms with van der Waals surface area (Å²) in [6.07, 6.45) is -0.0436. The minimum atomic E-state index is -2.12. The zero-order valence-electron chi connectivity index (χ0n) is 13.7. The highest BCUT2D eigenvalue weighted by Gasteiger charge is 2.41. The third kappa shape index (κ3) is 6.30. The van der Waals surface area contributed by atoms with E-state index < -0.39 is 32.5 Å². The van der Waals surface area contributed by atoms with E-state index in [1.54, 1.807) is 6.92 Å². The fourth-order valence-electron chi connectivity index (χ4n) is 1.39. The van der Waals surface area contributed by atoms with Gasteiger partial charge in [-0.15, -0.1) is 0 Å². The van der Waals surface area contributed by atoms with Gasteiger partial charge in [-0.1, -0.05) is 33.4 Å². The number of carboxylic acid groups (broad SMARTS) is 1. The summed E-state index contributed by atoms with van der Waals surface area (Å²) in [5.41, 5.74) is 0. The first kappa shape index (κ1) is 19.7. The molecule has 0 rings (SSSR count). The van der Waals surface area contributed by atoms with Gasteiger partial charge in [-0.2, -0.15) is 0 Å². The highest BCUT2D eigenvalue weighted by molar-refractivity contribution is 6.74. The molecule has 0 saturated heterocycles. The Morgan fingerprint density at radius 1 is 1.38 bits per heavy atom. The fraction of sp³-hybridized carbons (Fsp3) is 0.714. The van der Waals surface area contributed by atoms with Gasteiger partial charge in [0.25, 0.3) is 0 Å². The zero-order valence-corrected chi connectivity index (χ0v) is 14.7. The van der Waals surface area contributed by atoms with E-state index in [9.17, 15) is 14.7 Å². The topological polar surface area (TPSA) is 84.9 Å². The van der Waals surface area contributed by atoms with Crippen molar-refractivity contribution in [3.8, 4) is 0 Å². The minimum Gasteiger partial charge on any atom is -0.480 e. The maximum atomic E-state index is 11.5. The highest BCUT2D eigenvalue weighted by atomic mass is 28.4. The van der Waals surface area contributed by atoms with E-state index in [4.69, 9.17) is 9.16 Å². The van der Waals surface area contributed by atoms with Crippen molar-refractivity contribution in [3.63, 3.8) is 0 Å². The first-order chi connectivity index (χ1) is 9.42. The predicted molar refractivity (Wildman–Crippen MR) is 83.8 cm³/mol. The van der Waals surface area contributed by atoms with E-state index >= 15 is 0 Å². The van der Waals surface area contributed by atoms with Gasteiger partial charge < -0.3 is 19.6 Å². The molecule has 0 heterocycles. The summed E-state index contributed by atoms with van der Waals surface area (Å²) in [6, 6.07) is -1.16. The number of amides is 1. The van der Waals surface area contributed by atoms with Crippen LogP contribution in [0.15, 0.2) is 12.7 Å². The van der Waals surface area contributed by atoms with Crippen LogP contribution in [-0.4, -0.2) is 44.2 Å². The van der Waals surface area contributed by atoms with E-state index in [2.05, 4.69) is 32.7 Å². The standard InChI is InChI=1S/C14H27NO5Si/c1-8-9-19-13(18)15-11(12(16)17)10(2)20-21(6,7)14(3,4)5/h8,10-11H,1,9H2,2-7H3,(H,15,18)(H,16,17)/t10-,11+/m1/s1. The Balaban J connectivity index is 4.85. The number of alkyl carbamates (subject to hydrolysis) is 1. The highest BCUT2D eigenvalue weighted by Crippen LogP contribution is 2.37. The Bertz CT molecular complexity index is 389. The predicted octanol–water partition coefficient (Wildman–Crippen LogP) is 2.76. The maximum absolute atomic E-state index is 11.5. The SMILES string of the molecule is C=CCOC(=O)N[C@H](C(=O)O)[C@@H](C)O[Si](C)(C)C(C)(C)C. The van der Waals surface area contributed by atoms with Gasteiger partial charge in [0.1, 0.15) is 6.61 Å². The molecular weight excluding hydrogens is 290 g/mol. The molecule has 7 heteroatoms. The summed E-state index contributed by atoms with van der Waals surface area (Å²) >= 11 is 0. The number of aliphatic carboxylic acids is 1. The van der Waals surface area contributed by atoms with Crippen LogP contribution in [0.5, 0.6) is 0 Å². The van der Waals surface area contributed by atoms with Crippen molar-refractivity contribution < 1.29 is 23.9 Å². The van der Waals surface area contributed by atoms with Crippen LogP contribution in [0.25, 0.3) is 0 Å². The average molecular weight is 317 g/mol. The molecule has 0 aliphatic heterocycles. The molecule has 21 heavy (non-hydrogen) atoms. The minimum absolute atomic E-state index is 0.0235. The third-order valence-corrected chi connectivity index (χ3v) is 8.20. The van der Waals surface area contributed by atoms with Crippen LogP contribution in [0.1, 0.15) is 27.7 Å². The molecule has 2 atom stereocenters. The molecule has 2 N–H and O–H groups in total. The van der Waals surface area contributed by atoms with Crippen molar-refractivity contribution in [3.05, 3.63) is 12.7 Å². The molecule has 0 spiro atoms. The Hall–Kier alpha value is -1.34. The molecule has 0 fully saturated rings. The van der Waals surface area contributed by atoms with Gasteiger partial charge in [0.05, 0.1) is 6.10 Å². The molecule has 0 bridgehead atoms. The fourth-order valence-corrected chi connectivity index (χ4v) is 2.81. The Kier molecular flexibility index (Phi) is 7.12. The van der Waals surface area contributed by atoms with E-state index in [0.29, 0.717) is 0 Å². The lowest BCUT2D eigenvalue weighted by Crippen LogP contribution is -2.53. The molecule has 0 aromatic carbocycles. The number of hydrogen-bond donors (Lipinski definition) is 2. The van der Waals surface area contributed by atoms with Crippen LogP contribution in [0, 0.1) is 0 Å². The van der Waals surface area contributed by atoms with Gasteiger partial charge >= 0.3 is 12.1 Å². The molecule has 0 aromatic rings. The summed E-state index contributed by atoms with van der Waals surface area (Å²) in [5.74, 6) is -1.16. The van der Waals surface area contributed by atoms with E-state index in [1.165, 1.54) is 6.08 Å². The molecule has 0 radical (unpaired) electrons. The summed E-state index contributed by atoms with van der Waals surface area (Å²) < 4.78 is 10.7. The normalized spacial score (nSPS) is 15.0. The first-order valence-corrected chi connectivity index (χ1v) is 9.78. The second-order valence-electron chi connectivity index (χ2n) is 6.43. The number of carbonyl (C=O) groups is 2. The van der Waals surface area contributed by atoms with Gasteiger partial charge in [-0.25, -0.2) is 9.59 Å². The zero-order chi connectivity index (χ0) is 16.8. The van der Waals surface area contributed by atoms with Gasteiger partial charge in [0.15, 0.2) is 14.4 Å². The molecule has 0 saturated carbocycles. The quantitative estimate of drug-likeness (QED) is 0.557. The largest absolute Gasteiger partial charge is 0.480 e. The van der Waals surface area contributed by atoms with Gasteiger partial charge in [-0.05, 0) is 25.1 Å². The van der Waals surface area contributed by atoms with Crippen molar-refractivity contribution in [2.45, 2.75) is 58.0 Å². The Labute approximate surface area is 127 Å². The van der Waals surface area contributed by atoms with Gasteiger partial charge in [0.2, 0.25) is 0 Å². The number of ether oxygens (including phenoxy) is 1. The van der Waals surface area contributed by atoms with E-state index in [0.717, 1.165) is 0 Å². The molecule has 0 unspecified atom stereocenters. The first-order valence-electron chi connectivity index (χ1n) is 6.87.